The van der Waals surface area contributed by atoms with Gasteiger partial charge in [-0.05, 0) is 38.8 Å². The van der Waals surface area contributed by atoms with Crippen molar-refractivity contribution in [2.24, 2.45) is 11.5 Å². The Labute approximate surface area is 84.7 Å². The van der Waals surface area contributed by atoms with Crippen LogP contribution in [0.2, 0.25) is 0 Å². The molecule has 0 saturated heterocycles. The molecule has 0 aliphatic carbocycles. The van der Waals surface area contributed by atoms with E-state index in [1.165, 1.54) is 0 Å². The average molecular weight is 206 g/mol. The quantitative estimate of drug-likeness (QED) is 0.333. The van der Waals surface area contributed by atoms with Crippen molar-refractivity contribution < 1.29 is 15.3 Å². The molecular weight excluding hydrogens is 184 g/mol. The Bertz CT molecular complexity index is 121. The predicted molar refractivity (Wildman–Crippen MR) is 54.6 cm³/mol. The maximum absolute atomic E-state index is 9.44. The van der Waals surface area contributed by atoms with Gasteiger partial charge in [0.15, 0.2) is 0 Å². The summed E-state index contributed by atoms with van der Waals surface area (Å²) in [6.45, 7) is 0.804. The van der Waals surface area contributed by atoms with Gasteiger partial charge in [0, 0.05) is 0 Å². The van der Waals surface area contributed by atoms with E-state index in [2.05, 4.69) is 0 Å². The van der Waals surface area contributed by atoms with Crippen LogP contribution in [0, 0.1) is 0 Å². The second-order valence-corrected chi connectivity index (χ2v) is 3.59. The molecule has 0 saturated carbocycles. The van der Waals surface area contributed by atoms with Gasteiger partial charge >= 0.3 is 0 Å². The summed E-state index contributed by atoms with van der Waals surface area (Å²) in [7, 11) is 0. The third-order valence-electron chi connectivity index (χ3n) is 2.09. The third kappa shape index (κ3) is 7.23. The Hall–Kier alpha value is -0.200. The Morgan fingerprint density at radius 2 is 1.07 bits per heavy atom. The minimum absolute atomic E-state index is 0.263. The molecule has 0 aromatic heterocycles. The van der Waals surface area contributed by atoms with Crippen molar-refractivity contribution in [1.29, 1.82) is 0 Å². The summed E-state index contributed by atoms with van der Waals surface area (Å²) in [5, 5.41) is 28.1. The van der Waals surface area contributed by atoms with E-state index in [-0.39, 0.29) is 12.8 Å². The molecule has 0 heterocycles. The number of hydrogen-bond acceptors (Lipinski definition) is 5. The molecule has 0 spiro atoms. The van der Waals surface area contributed by atoms with E-state index in [4.69, 9.17) is 11.5 Å². The van der Waals surface area contributed by atoms with Gasteiger partial charge in [-0.2, -0.15) is 0 Å². The first-order valence-electron chi connectivity index (χ1n) is 5.04. The summed E-state index contributed by atoms with van der Waals surface area (Å²) < 4.78 is 0. The second kappa shape index (κ2) is 8.14. The van der Waals surface area contributed by atoms with Crippen LogP contribution in [0.1, 0.15) is 25.7 Å². The lowest BCUT2D eigenvalue weighted by molar-refractivity contribution is 0.0365. The van der Waals surface area contributed by atoms with Crippen LogP contribution in [0.4, 0.5) is 0 Å². The molecule has 0 aliphatic rings. The zero-order chi connectivity index (χ0) is 11.0. The highest BCUT2D eigenvalue weighted by atomic mass is 16.3. The first kappa shape index (κ1) is 13.8. The SMILES string of the molecule is NCCC(O)CC(O)CC(O)CCN. The molecule has 5 nitrogen and oxygen atoms in total. The molecule has 0 aliphatic heterocycles. The van der Waals surface area contributed by atoms with E-state index < -0.39 is 18.3 Å². The van der Waals surface area contributed by atoms with Gasteiger partial charge in [0.2, 0.25) is 0 Å². The zero-order valence-electron chi connectivity index (χ0n) is 8.47. The highest BCUT2D eigenvalue weighted by Gasteiger charge is 2.15. The van der Waals surface area contributed by atoms with Gasteiger partial charge in [0.05, 0.1) is 18.3 Å². The number of aliphatic hydroxyl groups excluding tert-OH is 3. The molecular formula is C9H22N2O3. The van der Waals surface area contributed by atoms with Crippen molar-refractivity contribution in [3.8, 4) is 0 Å². The highest BCUT2D eigenvalue weighted by molar-refractivity contribution is 4.68. The maximum Gasteiger partial charge on any atom is 0.0589 e. The first-order valence-corrected chi connectivity index (χ1v) is 5.04. The van der Waals surface area contributed by atoms with E-state index in [1.807, 2.05) is 0 Å². The van der Waals surface area contributed by atoms with E-state index in [1.54, 1.807) is 0 Å². The first-order chi connectivity index (χ1) is 6.60. The van der Waals surface area contributed by atoms with Crippen molar-refractivity contribution in [2.75, 3.05) is 13.1 Å². The summed E-state index contributed by atoms with van der Waals surface area (Å²) in [5.74, 6) is 0. The van der Waals surface area contributed by atoms with Gasteiger partial charge in [0.25, 0.3) is 0 Å². The number of hydrogen-bond donors (Lipinski definition) is 5. The summed E-state index contributed by atoms with van der Waals surface area (Å²) in [5.41, 5.74) is 10.5. The topological polar surface area (TPSA) is 113 Å². The van der Waals surface area contributed by atoms with Crippen LogP contribution in [-0.4, -0.2) is 46.7 Å². The van der Waals surface area contributed by atoms with Crippen molar-refractivity contribution >= 4 is 0 Å². The Balaban J connectivity index is 3.57. The Kier molecular flexibility index (Phi) is 8.02. The van der Waals surface area contributed by atoms with Crippen molar-refractivity contribution in [1.82, 2.24) is 0 Å². The van der Waals surface area contributed by atoms with Crippen molar-refractivity contribution in [3.05, 3.63) is 0 Å². The van der Waals surface area contributed by atoms with Crippen LogP contribution in [0.5, 0.6) is 0 Å². The predicted octanol–water partition coefficient (Wildman–Crippen LogP) is -1.45. The fourth-order valence-electron chi connectivity index (χ4n) is 1.34. The normalized spacial score (nSPS) is 17.8. The molecule has 0 bridgehead atoms. The van der Waals surface area contributed by atoms with Gasteiger partial charge in [-0.3, -0.25) is 0 Å². The van der Waals surface area contributed by atoms with Crippen LogP contribution < -0.4 is 11.5 Å². The minimum atomic E-state index is -0.682. The van der Waals surface area contributed by atoms with Crippen LogP contribution in [0.25, 0.3) is 0 Å². The van der Waals surface area contributed by atoms with Crippen LogP contribution in [0.3, 0.4) is 0 Å². The van der Waals surface area contributed by atoms with Gasteiger partial charge in [-0.1, -0.05) is 0 Å². The summed E-state index contributed by atoms with van der Waals surface area (Å²) in [6.07, 6.45) is -0.371. The van der Waals surface area contributed by atoms with Crippen molar-refractivity contribution in [2.45, 2.75) is 44.0 Å². The largest absolute Gasteiger partial charge is 0.393 e. The lowest BCUT2D eigenvalue weighted by Gasteiger charge is -2.17. The lowest BCUT2D eigenvalue weighted by Crippen LogP contribution is -2.25. The molecule has 86 valence electrons. The molecule has 0 amide bonds. The van der Waals surface area contributed by atoms with Gasteiger partial charge in [0.1, 0.15) is 0 Å². The molecule has 0 aromatic carbocycles. The molecule has 2 unspecified atom stereocenters. The summed E-state index contributed by atoms with van der Waals surface area (Å²) in [6, 6.07) is 0. The molecule has 0 radical (unpaired) electrons. The third-order valence-corrected chi connectivity index (χ3v) is 2.09. The standard InChI is InChI=1S/C9H22N2O3/c10-3-1-7(12)5-9(14)6-8(13)2-4-11/h7-9,12-14H,1-6,10-11H2. The Morgan fingerprint density at radius 1 is 0.714 bits per heavy atom. The lowest BCUT2D eigenvalue weighted by atomic mass is 10.0. The number of rotatable bonds is 8. The fraction of sp³-hybridized carbons (Fsp3) is 1.00. The Morgan fingerprint density at radius 3 is 1.36 bits per heavy atom. The molecule has 2 atom stereocenters. The van der Waals surface area contributed by atoms with E-state index >= 15 is 0 Å². The van der Waals surface area contributed by atoms with E-state index in [0.717, 1.165) is 0 Å². The molecule has 5 heteroatoms. The van der Waals surface area contributed by atoms with Gasteiger partial charge in [-0.15, -0.1) is 0 Å². The van der Waals surface area contributed by atoms with E-state index in [0.29, 0.717) is 25.9 Å². The maximum atomic E-state index is 9.44. The van der Waals surface area contributed by atoms with Crippen LogP contribution in [0.15, 0.2) is 0 Å². The fourth-order valence-corrected chi connectivity index (χ4v) is 1.34. The molecule has 7 N–H and O–H groups in total. The summed E-state index contributed by atoms with van der Waals surface area (Å²) in [4.78, 5) is 0. The van der Waals surface area contributed by atoms with Crippen molar-refractivity contribution in [3.63, 3.8) is 0 Å². The molecule has 14 heavy (non-hydrogen) atoms. The second-order valence-electron chi connectivity index (χ2n) is 3.59. The monoisotopic (exact) mass is 206 g/mol. The summed E-state index contributed by atoms with van der Waals surface area (Å²) >= 11 is 0. The highest BCUT2D eigenvalue weighted by Crippen LogP contribution is 2.09. The molecule has 0 aromatic rings. The molecule has 0 rings (SSSR count). The van der Waals surface area contributed by atoms with E-state index in [9.17, 15) is 15.3 Å². The smallest absolute Gasteiger partial charge is 0.0589 e. The van der Waals surface area contributed by atoms with Crippen LogP contribution in [-0.2, 0) is 0 Å². The minimum Gasteiger partial charge on any atom is -0.393 e. The van der Waals surface area contributed by atoms with Gasteiger partial charge < -0.3 is 26.8 Å². The molecule has 0 fully saturated rings. The van der Waals surface area contributed by atoms with Gasteiger partial charge in [-0.25, -0.2) is 0 Å². The average Bonchev–Trinajstić information content (AvgIpc) is 2.03. The van der Waals surface area contributed by atoms with Crippen LogP contribution >= 0.6 is 0 Å². The zero-order valence-corrected chi connectivity index (χ0v) is 8.47. The number of aliphatic hydroxyl groups is 3. The number of nitrogens with two attached hydrogens (primary N) is 2.